The second kappa shape index (κ2) is 6.71. The molecule has 0 aliphatic heterocycles. The molecular weight excluding hydrogens is 164 g/mol. The van der Waals surface area contributed by atoms with Crippen LogP contribution < -0.4 is 11.1 Å². The average molecular weight is 182 g/mol. The van der Waals surface area contributed by atoms with Crippen LogP contribution in [0, 0.1) is 0 Å². The van der Waals surface area contributed by atoms with Crippen molar-refractivity contribution in [2.75, 3.05) is 27.9 Å². The van der Waals surface area contributed by atoms with Crippen LogP contribution in [0.2, 0.25) is 0 Å². The molecule has 0 unspecified atom stereocenters. The Hall–Kier alpha value is 0.0169. The molecule has 5 nitrogen and oxygen atoms in total. The lowest BCUT2D eigenvalue weighted by Crippen LogP contribution is -2.56. The smallest absolute Gasteiger partial charge is 0.364 e. The zero-order valence-electron chi connectivity index (χ0n) is 7.64. The van der Waals surface area contributed by atoms with Crippen molar-refractivity contribution >= 4 is 8.97 Å². The summed E-state index contributed by atoms with van der Waals surface area (Å²) in [6, 6.07) is 0. The lowest BCUT2D eigenvalue weighted by atomic mass is 10.8. The molecule has 0 radical (unpaired) electrons. The number of nitrogens with one attached hydrogen (secondary N) is 1. The van der Waals surface area contributed by atoms with Crippen LogP contribution in [0.4, 0.5) is 0 Å². The lowest BCUT2D eigenvalue weighted by molar-refractivity contribution is 0.111. The Morgan fingerprint density at radius 2 is 1.45 bits per heavy atom. The van der Waals surface area contributed by atoms with Crippen molar-refractivity contribution < 1.29 is 13.3 Å². The minimum atomic E-state index is -2.47. The van der Waals surface area contributed by atoms with Crippen LogP contribution in [0.25, 0.3) is 0 Å². The highest BCUT2D eigenvalue weighted by molar-refractivity contribution is 6.57. The highest BCUT2D eigenvalue weighted by atomic mass is 28.4. The summed E-state index contributed by atoms with van der Waals surface area (Å²) in [7, 11) is 2.25. The number of rotatable bonds is 5. The first kappa shape index (κ1) is 13.6. The van der Waals surface area contributed by atoms with Crippen LogP contribution in [0.3, 0.4) is 0 Å². The third kappa shape index (κ3) is 3.80. The fourth-order valence-corrected chi connectivity index (χ4v) is 2.05. The van der Waals surface area contributed by atoms with Gasteiger partial charge in [-0.3, -0.25) is 4.98 Å². The normalized spacial score (nSPS) is 10.9. The van der Waals surface area contributed by atoms with E-state index in [0.29, 0.717) is 0 Å². The molecule has 0 aliphatic rings. The van der Waals surface area contributed by atoms with Crippen LogP contribution in [0.1, 0.15) is 6.92 Å². The van der Waals surface area contributed by atoms with Gasteiger partial charge in [0.05, 0.1) is 0 Å². The summed E-state index contributed by atoms with van der Waals surface area (Å²) < 4.78 is 15.2. The van der Waals surface area contributed by atoms with E-state index < -0.39 is 8.97 Å². The minimum absolute atomic E-state index is 0. The second-order valence-electron chi connectivity index (χ2n) is 1.70. The SMILES string of the molecule is CCN[Si](OC)(OC)OC.N. The first-order valence-corrected chi connectivity index (χ1v) is 4.87. The third-order valence-corrected chi connectivity index (χ3v) is 3.60. The van der Waals surface area contributed by atoms with Gasteiger partial charge in [0, 0.05) is 21.3 Å². The first-order valence-electron chi connectivity index (χ1n) is 3.15. The van der Waals surface area contributed by atoms with E-state index in [0.717, 1.165) is 6.54 Å². The molecule has 0 saturated carbocycles. The summed E-state index contributed by atoms with van der Waals surface area (Å²) >= 11 is 0. The molecule has 0 amide bonds. The van der Waals surface area contributed by atoms with Crippen molar-refractivity contribution in [3.8, 4) is 0 Å². The van der Waals surface area contributed by atoms with Gasteiger partial charge in [0.1, 0.15) is 0 Å². The van der Waals surface area contributed by atoms with E-state index in [9.17, 15) is 0 Å². The summed E-state index contributed by atoms with van der Waals surface area (Å²) in [6.45, 7) is 2.75. The monoisotopic (exact) mass is 182 g/mol. The first-order chi connectivity index (χ1) is 4.74. The molecule has 70 valence electrons. The molecule has 0 aromatic rings. The topological polar surface area (TPSA) is 74.7 Å². The zero-order valence-corrected chi connectivity index (χ0v) is 8.64. The Labute approximate surface area is 69.1 Å². The van der Waals surface area contributed by atoms with Gasteiger partial charge in [-0.1, -0.05) is 6.92 Å². The van der Waals surface area contributed by atoms with E-state index in [-0.39, 0.29) is 6.15 Å². The summed E-state index contributed by atoms with van der Waals surface area (Å²) in [5.74, 6) is 0. The number of hydrogen-bond acceptors (Lipinski definition) is 5. The Morgan fingerprint density at radius 1 is 1.09 bits per heavy atom. The summed E-state index contributed by atoms with van der Waals surface area (Å²) in [6.07, 6.45) is 0. The molecule has 0 bridgehead atoms. The molecule has 0 rings (SSSR count). The van der Waals surface area contributed by atoms with E-state index in [2.05, 4.69) is 4.98 Å². The van der Waals surface area contributed by atoms with E-state index in [1.807, 2.05) is 6.92 Å². The highest BCUT2D eigenvalue weighted by Gasteiger charge is 2.37. The van der Waals surface area contributed by atoms with Crippen molar-refractivity contribution in [3.05, 3.63) is 0 Å². The van der Waals surface area contributed by atoms with E-state index in [1.165, 1.54) is 0 Å². The van der Waals surface area contributed by atoms with Gasteiger partial charge in [0.25, 0.3) is 0 Å². The van der Waals surface area contributed by atoms with Crippen LogP contribution in [0.15, 0.2) is 0 Å². The second-order valence-corrected chi connectivity index (χ2v) is 4.39. The largest absolute Gasteiger partial charge is 0.595 e. The predicted octanol–water partition coefficient (Wildman–Crippen LogP) is 0.133. The van der Waals surface area contributed by atoms with Crippen molar-refractivity contribution in [2.24, 2.45) is 0 Å². The lowest BCUT2D eigenvalue weighted by Gasteiger charge is -2.23. The Kier molecular flexibility index (Phi) is 8.29. The van der Waals surface area contributed by atoms with Crippen molar-refractivity contribution in [3.63, 3.8) is 0 Å². The quantitative estimate of drug-likeness (QED) is 0.591. The van der Waals surface area contributed by atoms with Gasteiger partial charge >= 0.3 is 8.97 Å². The Morgan fingerprint density at radius 3 is 1.55 bits per heavy atom. The maximum absolute atomic E-state index is 5.06. The van der Waals surface area contributed by atoms with Gasteiger partial charge in [-0.05, 0) is 6.54 Å². The average Bonchev–Trinajstić information content (AvgIpc) is 2.01. The molecule has 0 aromatic carbocycles. The van der Waals surface area contributed by atoms with Gasteiger partial charge in [-0.15, -0.1) is 0 Å². The molecule has 0 aromatic heterocycles. The van der Waals surface area contributed by atoms with Gasteiger partial charge in [0.15, 0.2) is 0 Å². The molecule has 6 heteroatoms. The molecule has 0 atom stereocenters. The van der Waals surface area contributed by atoms with E-state index in [4.69, 9.17) is 13.3 Å². The van der Waals surface area contributed by atoms with Crippen molar-refractivity contribution in [2.45, 2.75) is 6.92 Å². The van der Waals surface area contributed by atoms with Gasteiger partial charge < -0.3 is 19.4 Å². The van der Waals surface area contributed by atoms with Gasteiger partial charge in [-0.25, -0.2) is 0 Å². The maximum Gasteiger partial charge on any atom is 0.595 e. The van der Waals surface area contributed by atoms with Crippen molar-refractivity contribution in [1.29, 1.82) is 0 Å². The van der Waals surface area contributed by atoms with Crippen LogP contribution >= 0.6 is 0 Å². The van der Waals surface area contributed by atoms with Crippen LogP contribution in [-0.2, 0) is 13.3 Å². The minimum Gasteiger partial charge on any atom is -0.364 e. The summed E-state index contributed by atoms with van der Waals surface area (Å²) in [5, 5.41) is 0. The summed E-state index contributed by atoms with van der Waals surface area (Å²) in [5.41, 5.74) is 0. The fraction of sp³-hybridized carbons (Fsp3) is 1.00. The molecule has 0 fully saturated rings. The summed E-state index contributed by atoms with van der Waals surface area (Å²) in [4.78, 5) is 3.02. The molecule has 11 heavy (non-hydrogen) atoms. The fourth-order valence-electron chi connectivity index (χ4n) is 0.683. The van der Waals surface area contributed by atoms with E-state index >= 15 is 0 Å². The van der Waals surface area contributed by atoms with Crippen LogP contribution in [0.5, 0.6) is 0 Å². The number of hydrogen-bond donors (Lipinski definition) is 2. The van der Waals surface area contributed by atoms with Gasteiger partial charge in [0.2, 0.25) is 0 Å². The molecule has 4 N–H and O–H groups in total. The molecule has 0 aliphatic carbocycles. The molecule has 0 spiro atoms. The molecule has 0 heterocycles. The van der Waals surface area contributed by atoms with Crippen molar-refractivity contribution in [1.82, 2.24) is 11.1 Å². The zero-order chi connectivity index (χ0) is 8.04. The Bertz CT molecular complexity index is 81.5. The van der Waals surface area contributed by atoms with Crippen LogP contribution in [-0.4, -0.2) is 36.8 Å². The molecular formula is C5H18N2O3Si. The molecule has 0 saturated heterocycles. The van der Waals surface area contributed by atoms with E-state index in [1.54, 1.807) is 21.3 Å². The Balaban J connectivity index is 0. The van der Waals surface area contributed by atoms with Gasteiger partial charge in [-0.2, -0.15) is 0 Å². The third-order valence-electron chi connectivity index (χ3n) is 1.20. The maximum atomic E-state index is 5.06. The highest BCUT2D eigenvalue weighted by Crippen LogP contribution is 1.99. The predicted molar refractivity (Wildman–Crippen MR) is 45.5 cm³/mol. The standard InChI is InChI=1S/C5H15NO3Si.H3N/c1-5-6-10(7-2,8-3)9-4;/h6H,5H2,1-4H3;1H3.